The highest BCUT2D eigenvalue weighted by molar-refractivity contribution is 7.97. The molecule has 1 aliphatic carbocycles. The molecule has 1 fully saturated rings. The molecule has 0 spiro atoms. The van der Waals surface area contributed by atoms with E-state index in [0.717, 1.165) is 59.3 Å². The number of carboxylic acids is 1. The second-order valence-electron chi connectivity index (χ2n) is 10.8. The van der Waals surface area contributed by atoms with Crippen molar-refractivity contribution in [1.29, 1.82) is 0 Å². The van der Waals surface area contributed by atoms with E-state index in [1.165, 1.54) is 28.8 Å². The van der Waals surface area contributed by atoms with Crippen LogP contribution in [0.25, 0.3) is 27.5 Å². The van der Waals surface area contributed by atoms with Crippen LogP contribution in [-0.4, -0.2) is 33.0 Å². The Hall–Kier alpha value is -4.06. The van der Waals surface area contributed by atoms with Crippen LogP contribution < -0.4 is 9.88 Å². The number of hydrogen-bond donors (Lipinski definition) is 2. The van der Waals surface area contributed by atoms with E-state index in [0.29, 0.717) is 51.2 Å². The van der Waals surface area contributed by atoms with E-state index in [4.69, 9.17) is 15.0 Å². The normalized spacial score (nSPS) is 12.9. The zero-order valence-corrected chi connectivity index (χ0v) is 25.8. The van der Waals surface area contributed by atoms with Crippen LogP contribution in [0.1, 0.15) is 52.6 Å². The van der Waals surface area contributed by atoms with Crippen LogP contribution in [0.15, 0.2) is 64.9 Å². The van der Waals surface area contributed by atoms with Gasteiger partial charge in [-0.15, -0.1) is 11.3 Å². The highest BCUT2D eigenvalue weighted by atomic mass is 32.2. The minimum Gasteiger partial charge on any atom is -0.496 e. The molecule has 0 atom stereocenters. The van der Waals surface area contributed by atoms with E-state index in [9.17, 15) is 14.3 Å². The Morgan fingerprint density at radius 3 is 2.57 bits per heavy atom. The number of carboxylic acid groups (broad SMARTS) is 1. The van der Waals surface area contributed by atoms with Crippen LogP contribution in [-0.2, 0) is 19.3 Å². The summed E-state index contributed by atoms with van der Waals surface area (Å²) in [7, 11) is 1.61. The molecule has 44 heavy (non-hydrogen) atoms. The van der Waals surface area contributed by atoms with Gasteiger partial charge < -0.3 is 9.84 Å². The zero-order chi connectivity index (χ0) is 31.0. The van der Waals surface area contributed by atoms with Gasteiger partial charge in [0.15, 0.2) is 5.69 Å². The number of thiazole rings is 1. The molecule has 0 saturated heterocycles. The highest BCUT2D eigenvalue weighted by Crippen LogP contribution is 2.39. The second kappa shape index (κ2) is 12.5. The molecule has 5 aromatic rings. The van der Waals surface area contributed by atoms with Gasteiger partial charge in [0.2, 0.25) is 5.13 Å². The molecule has 3 aromatic carbocycles. The summed E-state index contributed by atoms with van der Waals surface area (Å²) in [6.07, 6.45) is 3.94. The van der Waals surface area contributed by atoms with Crippen molar-refractivity contribution < 1.29 is 23.4 Å². The summed E-state index contributed by atoms with van der Waals surface area (Å²) in [6.45, 7) is 2.02. The fourth-order valence-corrected chi connectivity index (χ4v) is 6.49. The van der Waals surface area contributed by atoms with Gasteiger partial charge in [0, 0.05) is 28.5 Å². The van der Waals surface area contributed by atoms with Crippen molar-refractivity contribution in [1.82, 2.24) is 14.8 Å². The highest BCUT2D eigenvalue weighted by Gasteiger charge is 2.29. The van der Waals surface area contributed by atoms with Crippen LogP contribution >= 0.6 is 23.3 Å². The third-order valence-corrected chi connectivity index (χ3v) is 9.28. The molecule has 1 aliphatic rings. The third-order valence-electron chi connectivity index (χ3n) is 7.88. The summed E-state index contributed by atoms with van der Waals surface area (Å²) in [5.41, 5.74) is 5.80. The van der Waals surface area contributed by atoms with E-state index in [2.05, 4.69) is 4.98 Å². The standard InChI is InChI=1S/C33H30F2N4O3S2/c1-3-20-15-21(8-10-29(20)42-2)23-16-22(7-9-25(23)34)31-24(12-19-6-11-30(44-36)26(35)13-19)28(14-18-4-5-18)39(38-31)33-37-27(17-43-33)32(40)41/h6-11,13,15-18H,3-5,12,14,36H2,1-2H3,(H,40,41). The van der Waals surface area contributed by atoms with E-state index in [-0.39, 0.29) is 11.5 Å². The number of ether oxygens (including phenoxy) is 1. The van der Waals surface area contributed by atoms with E-state index in [1.807, 2.05) is 31.2 Å². The van der Waals surface area contributed by atoms with E-state index in [1.54, 1.807) is 30.0 Å². The number of aromatic nitrogens is 3. The van der Waals surface area contributed by atoms with E-state index < -0.39 is 11.8 Å². The first kappa shape index (κ1) is 30.0. The molecule has 6 rings (SSSR count). The lowest BCUT2D eigenvalue weighted by Gasteiger charge is -2.12. The molecule has 0 unspecified atom stereocenters. The van der Waals surface area contributed by atoms with Gasteiger partial charge in [0.1, 0.15) is 17.4 Å². The van der Waals surface area contributed by atoms with Gasteiger partial charge >= 0.3 is 5.97 Å². The Morgan fingerprint density at radius 2 is 1.91 bits per heavy atom. The number of methoxy groups -OCH3 is 1. The smallest absolute Gasteiger partial charge is 0.355 e. The summed E-state index contributed by atoms with van der Waals surface area (Å²) in [4.78, 5) is 16.3. The molecular weight excluding hydrogens is 603 g/mol. The summed E-state index contributed by atoms with van der Waals surface area (Å²) < 4.78 is 37.4. The number of halogens is 2. The average molecular weight is 633 g/mol. The molecule has 11 heteroatoms. The predicted octanol–water partition coefficient (Wildman–Crippen LogP) is 7.72. The maximum atomic E-state index is 15.4. The lowest BCUT2D eigenvalue weighted by molar-refractivity contribution is 0.0691. The summed E-state index contributed by atoms with van der Waals surface area (Å²) in [6, 6.07) is 15.5. The average Bonchev–Trinajstić information content (AvgIpc) is 3.59. The Kier molecular flexibility index (Phi) is 8.53. The number of aromatic carboxylic acids is 1. The lowest BCUT2D eigenvalue weighted by atomic mass is 9.94. The Bertz CT molecular complexity index is 1870. The SMILES string of the molecule is CCc1cc(-c2cc(-c3nn(-c4nc(C(=O)O)cs4)c(CC4CC4)c3Cc3ccc(SN)c(F)c3)ccc2F)ccc1OC. The van der Waals surface area contributed by atoms with Crippen molar-refractivity contribution in [2.45, 2.75) is 43.9 Å². The monoisotopic (exact) mass is 632 g/mol. The van der Waals surface area contributed by atoms with Gasteiger partial charge in [-0.05, 0) is 103 Å². The number of rotatable bonds is 11. The molecular formula is C33H30F2N4O3S2. The Morgan fingerprint density at radius 1 is 1.11 bits per heavy atom. The molecule has 0 aliphatic heterocycles. The Labute approximate surface area is 261 Å². The van der Waals surface area contributed by atoms with Gasteiger partial charge in [-0.2, -0.15) is 5.10 Å². The molecule has 0 amide bonds. The fourth-order valence-electron chi connectivity index (χ4n) is 5.40. The van der Waals surface area contributed by atoms with Crippen LogP contribution in [0.4, 0.5) is 8.78 Å². The molecule has 0 radical (unpaired) electrons. The molecule has 7 nitrogen and oxygen atoms in total. The second-order valence-corrected chi connectivity index (χ2v) is 12.3. The van der Waals surface area contributed by atoms with Crippen molar-refractivity contribution in [2.24, 2.45) is 11.1 Å². The molecule has 1 saturated carbocycles. The van der Waals surface area contributed by atoms with Crippen molar-refractivity contribution >= 4 is 29.3 Å². The summed E-state index contributed by atoms with van der Waals surface area (Å²) in [5, 5.41) is 22.1. The molecule has 3 N–H and O–H groups in total. The maximum absolute atomic E-state index is 15.4. The van der Waals surface area contributed by atoms with Crippen LogP contribution in [0.3, 0.4) is 0 Å². The van der Waals surface area contributed by atoms with Crippen molar-refractivity contribution in [2.75, 3.05) is 7.11 Å². The number of hydrogen-bond acceptors (Lipinski definition) is 7. The minimum absolute atomic E-state index is 0.0618. The Balaban J connectivity index is 1.53. The first-order valence-corrected chi connectivity index (χ1v) is 16.0. The minimum atomic E-state index is -1.12. The first-order valence-electron chi connectivity index (χ1n) is 14.2. The lowest BCUT2D eigenvalue weighted by Crippen LogP contribution is -2.06. The molecule has 0 bridgehead atoms. The van der Waals surface area contributed by atoms with Crippen LogP contribution in [0, 0.1) is 17.6 Å². The topological polar surface area (TPSA) is 103 Å². The van der Waals surface area contributed by atoms with Crippen molar-refractivity contribution in [3.8, 4) is 33.3 Å². The number of nitrogens with zero attached hydrogens (tertiary/aromatic N) is 3. The first-order chi connectivity index (χ1) is 21.3. The number of nitrogens with two attached hydrogens (primary N) is 1. The molecule has 2 aromatic heterocycles. The van der Waals surface area contributed by atoms with Crippen LogP contribution in [0.5, 0.6) is 5.75 Å². The number of benzene rings is 3. The fraction of sp³-hybridized carbons (Fsp3) is 0.242. The van der Waals surface area contributed by atoms with Gasteiger partial charge in [0.05, 0.1) is 23.4 Å². The van der Waals surface area contributed by atoms with E-state index >= 15 is 4.39 Å². The molecule has 2 heterocycles. The predicted molar refractivity (Wildman–Crippen MR) is 169 cm³/mol. The van der Waals surface area contributed by atoms with Gasteiger partial charge in [0.25, 0.3) is 0 Å². The van der Waals surface area contributed by atoms with Crippen molar-refractivity contribution in [3.63, 3.8) is 0 Å². The third kappa shape index (κ3) is 5.99. The molecule has 226 valence electrons. The quantitative estimate of drug-likeness (QED) is 0.144. The van der Waals surface area contributed by atoms with Gasteiger partial charge in [-0.3, -0.25) is 5.14 Å². The maximum Gasteiger partial charge on any atom is 0.355 e. The summed E-state index contributed by atoms with van der Waals surface area (Å²) >= 11 is 2.05. The number of carbonyl (C=O) groups is 1. The zero-order valence-electron chi connectivity index (χ0n) is 24.1. The van der Waals surface area contributed by atoms with Gasteiger partial charge in [-0.25, -0.2) is 23.2 Å². The number of aryl methyl sites for hydroxylation is 1. The van der Waals surface area contributed by atoms with Crippen LogP contribution in [0.2, 0.25) is 0 Å². The summed E-state index contributed by atoms with van der Waals surface area (Å²) in [5.74, 6) is -0.697. The van der Waals surface area contributed by atoms with Crippen molar-refractivity contribution in [3.05, 3.63) is 99.7 Å². The van der Waals surface area contributed by atoms with Gasteiger partial charge in [-0.1, -0.05) is 19.1 Å². The largest absolute Gasteiger partial charge is 0.496 e.